The number of morpholine rings is 1. The molecule has 1 saturated heterocycles. The van der Waals surface area contributed by atoms with Crippen LogP contribution in [0.4, 0.5) is 4.39 Å². The summed E-state index contributed by atoms with van der Waals surface area (Å²) in [4.78, 5) is 18.8. The minimum absolute atomic E-state index is 0.251. The quantitative estimate of drug-likeness (QED) is 0.748. The number of carbonyl (C=O) groups is 1. The molecule has 2 atom stereocenters. The fourth-order valence-electron chi connectivity index (χ4n) is 3.42. The molecule has 1 aliphatic rings. The molecule has 1 amide bonds. The fraction of sp³-hybridized carbons (Fsp3) is 0.263. The molecule has 140 valence electrons. The van der Waals surface area contributed by atoms with Crippen molar-refractivity contribution < 1.29 is 19.0 Å². The first-order chi connectivity index (χ1) is 13.1. The van der Waals surface area contributed by atoms with Crippen molar-refractivity contribution in [3.05, 3.63) is 70.9 Å². The number of halogens is 2. The average Bonchev–Trinajstić information content (AvgIpc) is 3.03. The van der Waals surface area contributed by atoms with Gasteiger partial charge in [0.05, 0.1) is 24.3 Å². The van der Waals surface area contributed by atoms with Crippen molar-refractivity contribution in [1.82, 2.24) is 14.3 Å². The summed E-state index contributed by atoms with van der Waals surface area (Å²) in [5.74, 6) is -1.32. The molecular formula is C19H17ClFN3O3. The van der Waals surface area contributed by atoms with Gasteiger partial charge in [0.2, 0.25) is 5.95 Å². The highest BCUT2D eigenvalue weighted by atomic mass is 35.5. The van der Waals surface area contributed by atoms with Gasteiger partial charge < -0.3 is 14.7 Å². The Morgan fingerprint density at radius 2 is 2.07 bits per heavy atom. The van der Waals surface area contributed by atoms with Crippen LogP contribution in [0.1, 0.15) is 22.1 Å². The molecule has 8 heteroatoms. The zero-order valence-corrected chi connectivity index (χ0v) is 15.0. The molecule has 0 bridgehead atoms. The topological polar surface area (TPSA) is 67.1 Å². The number of aliphatic hydroxyl groups excluding tert-OH is 1. The van der Waals surface area contributed by atoms with Crippen LogP contribution < -0.4 is 0 Å². The van der Waals surface area contributed by atoms with E-state index >= 15 is 0 Å². The first-order valence-corrected chi connectivity index (χ1v) is 8.89. The summed E-state index contributed by atoms with van der Waals surface area (Å²) in [6, 6.07) is 11.8. The molecule has 1 aromatic carbocycles. The van der Waals surface area contributed by atoms with E-state index in [0.717, 1.165) is 9.96 Å². The smallest absolute Gasteiger partial charge is 0.277 e. The molecule has 0 unspecified atom stereocenters. The number of nitrogens with zero attached hydrogens (tertiary/aromatic N) is 3. The summed E-state index contributed by atoms with van der Waals surface area (Å²) >= 11 is 5.91. The van der Waals surface area contributed by atoms with E-state index in [1.54, 1.807) is 12.1 Å². The average molecular weight is 390 g/mol. The highest BCUT2D eigenvalue weighted by Crippen LogP contribution is 2.31. The number of aliphatic hydroxyl groups is 1. The van der Waals surface area contributed by atoms with E-state index in [2.05, 4.69) is 4.98 Å². The lowest BCUT2D eigenvalue weighted by molar-refractivity contribution is -0.0813. The van der Waals surface area contributed by atoms with Gasteiger partial charge in [0.1, 0.15) is 11.8 Å². The largest absolute Gasteiger partial charge is 0.394 e. The van der Waals surface area contributed by atoms with Gasteiger partial charge in [0.25, 0.3) is 5.91 Å². The molecular weight excluding hydrogens is 373 g/mol. The van der Waals surface area contributed by atoms with E-state index in [0.29, 0.717) is 10.7 Å². The maximum atomic E-state index is 14.8. The number of carbonyl (C=O) groups excluding carboxylic acids is 1. The molecule has 6 nitrogen and oxygen atoms in total. The van der Waals surface area contributed by atoms with Crippen molar-refractivity contribution in [2.24, 2.45) is 0 Å². The third-order valence-corrected chi connectivity index (χ3v) is 4.88. The molecule has 0 aliphatic carbocycles. The second-order valence-corrected chi connectivity index (χ2v) is 6.71. The number of ether oxygens (including phenoxy) is 1. The predicted octanol–water partition coefficient (Wildman–Crippen LogP) is 2.70. The van der Waals surface area contributed by atoms with Crippen LogP contribution in [0.5, 0.6) is 0 Å². The lowest BCUT2D eigenvalue weighted by Gasteiger charge is -2.40. The molecule has 0 spiro atoms. The van der Waals surface area contributed by atoms with Gasteiger partial charge in [0, 0.05) is 12.7 Å². The minimum Gasteiger partial charge on any atom is -0.394 e. The molecule has 1 aliphatic heterocycles. The number of pyridine rings is 1. The summed E-state index contributed by atoms with van der Waals surface area (Å²) in [5, 5.41) is 10.1. The number of aromatic nitrogens is 2. The Bertz CT molecular complexity index is 979. The van der Waals surface area contributed by atoms with E-state index in [-0.39, 0.29) is 25.5 Å². The summed E-state index contributed by atoms with van der Waals surface area (Å²) in [5.41, 5.74) is 0.817. The van der Waals surface area contributed by atoms with Crippen molar-refractivity contribution in [2.45, 2.75) is 12.1 Å². The molecule has 27 heavy (non-hydrogen) atoms. The van der Waals surface area contributed by atoms with Crippen LogP contribution in [-0.4, -0.2) is 51.2 Å². The van der Waals surface area contributed by atoms with E-state index in [4.69, 9.17) is 16.3 Å². The SMILES string of the molecule is O=C(c1nc2ccc(Cl)cn2c1F)N1CCO[C@H](CO)[C@H]1c1ccccc1. The fourth-order valence-corrected chi connectivity index (χ4v) is 3.58. The molecule has 1 N–H and O–H groups in total. The van der Waals surface area contributed by atoms with Gasteiger partial charge in [-0.15, -0.1) is 0 Å². The van der Waals surface area contributed by atoms with Crippen LogP contribution in [-0.2, 0) is 4.74 Å². The van der Waals surface area contributed by atoms with Gasteiger partial charge >= 0.3 is 0 Å². The lowest BCUT2D eigenvalue weighted by atomic mass is 9.98. The van der Waals surface area contributed by atoms with Crippen molar-refractivity contribution in [3.63, 3.8) is 0 Å². The number of fused-ring (bicyclic) bond motifs is 1. The number of imidazole rings is 1. The van der Waals surface area contributed by atoms with E-state index in [1.165, 1.54) is 11.1 Å². The predicted molar refractivity (Wildman–Crippen MR) is 97.2 cm³/mol. The van der Waals surface area contributed by atoms with Crippen LogP contribution >= 0.6 is 11.6 Å². The Kier molecular flexibility index (Phi) is 4.82. The van der Waals surface area contributed by atoms with E-state index < -0.39 is 24.0 Å². The molecule has 2 aromatic heterocycles. The van der Waals surface area contributed by atoms with Gasteiger partial charge in [-0.25, -0.2) is 4.98 Å². The van der Waals surface area contributed by atoms with Crippen molar-refractivity contribution in [1.29, 1.82) is 0 Å². The van der Waals surface area contributed by atoms with Gasteiger partial charge in [0.15, 0.2) is 5.69 Å². The second kappa shape index (κ2) is 7.26. The number of rotatable bonds is 3. The Morgan fingerprint density at radius 1 is 1.30 bits per heavy atom. The minimum atomic E-state index is -0.767. The van der Waals surface area contributed by atoms with E-state index in [1.807, 2.05) is 30.3 Å². The zero-order chi connectivity index (χ0) is 19.0. The van der Waals surface area contributed by atoms with E-state index in [9.17, 15) is 14.3 Å². The summed E-state index contributed by atoms with van der Waals surface area (Å²) in [6.45, 7) is 0.261. The van der Waals surface area contributed by atoms with Crippen LogP contribution in [0.3, 0.4) is 0 Å². The van der Waals surface area contributed by atoms with Crippen LogP contribution in [0.25, 0.3) is 5.65 Å². The van der Waals surface area contributed by atoms with Gasteiger partial charge in [-0.1, -0.05) is 41.9 Å². The van der Waals surface area contributed by atoms with Crippen LogP contribution in [0, 0.1) is 5.95 Å². The Morgan fingerprint density at radius 3 is 2.81 bits per heavy atom. The van der Waals surface area contributed by atoms with Crippen LogP contribution in [0.15, 0.2) is 48.7 Å². The molecule has 0 saturated carbocycles. The normalized spacial score (nSPS) is 20.2. The molecule has 4 rings (SSSR count). The van der Waals surface area contributed by atoms with Gasteiger partial charge in [-0.05, 0) is 17.7 Å². The van der Waals surface area contributed by atoms with Gasteiger partial charge in [-0.3, -0.25) is 9.20 Å². The molecule has 3 heterocycles. The number of hydrogen-bond acceptors (Lipinski definition) is 4. The summed E-state index contributed by atoms with van der Waals surface area (Å²) < 4.78 is 21.6. The summed E-state index contributed by atoms with van der Waals surface area (Å²) in [6.07, 6.45) is 0.778. The first-order valence-electron chi connectivity index (χ1n) is 8.51. The summed E-state index contributed by atoms with van der Waals surface area (Å²) in [7, 11) is 0. The van der Waals surface area contributed by atoms with Crippen LogP contribution in [0.2, 0.25) is 5.02 Å². The number of hydrogen-bond donors (Lipinski definition) is 1. The molecule has 3 aromatic rings. The Balaban J connectivity index is 1.76. The highest BCUT2D eigenvalue weighted by Gasteiger charge is 2.38. The number of amides is 1. The Labute approximate surface area is 159 Å². The number of benzene rings is 1. The van der Waals surface area contributed by atoms with Crippen molar-refractivity contribution >= 4 is 23.2 Å². The zero-order valence-electron chi connectivity index (χ0n) is 14.3. The highest BCUT2D eigenvalue weighted by molar-refractivity contribution is 6.30. The standard InChI is InChI=1S/C19H17ClFN3O3/c20-13-6-7-15-22-16(18(21)24(15)10-13)19(26)23-8-9-27-14(11-25)17(23)12-4-2-1-3-5-12/h1-7,10,14,17,25H,8-9,11H2/t14-,17-/m1/s1. The van der Waals surface area contributed by atoms with Crippen molar-refractivity contribution in [3.8, 4) is 0 Å². The molecule has 0 radical (unpaired) electrons. The Hall–Kier alpha value is -2.48. The molecule has 1 fully saturated rings. The lowest BCUT2D eigenvalue weighted by Crippen LogP contribution is -2.49. The monoisotopic (exact) mass is 389 g/mol. The maximum Gasteiger partial charge on any atom is 0.277 e. The maximum absolute atomic E-state index is 14.8. The van der Waals surface area contributed by atoms with Gasteiger partial charge in [-0.2, -0.15) is 4.39 Å². The first kappa shape index (κ1) is 17.9. The third-order valence-electron chi connectivity index (χ3n) is 4.66. The van der Waals surface area contributed by atoms with Crippen molar-refractivity contribution in [2.75, 3.05) is 19.8 Å². The third kappa shape index (κ3) is 3.18. The second-order valence-electron chi connectivity index (χ2n) is 6.27.